The van der Waals surface area contributed by atoms with Gasteiger partial charge in [-0.05, 0) is 25.8 Å². The Bertz CT molecular complexity index is 453. The van der Waals surface area contributed by atoms with Crippen LogP contribution in [-0.2, 0) is 11.3 Å². The summed E-state index contributed by atoms with van der Waals surface area (Å²) in [6.07, 6.45) is 2.68. The molecule has 18 heavy (non-hydrogen) atoms. The summed E-state index contributed by atoms with van der Waals surface area (Å²) in [6.45, 7) is 6.10. The number of hydrogen-bond donors (Lipinski definition) is 0. The quantitative estimate of drug-likeness (QED) is 0.805. The van der Waals surface area contributed by atoms with Crippen LogP contribution in [0.1, 0.15) is 38.0 Å². The molecule has 98 valence electrons. The van der Waals surface area contributed by atoms with E-state index in [1.807, 2.05) is 26.8 Å². The zero-order valence-electron chi connectivity index (χ0n) is 11.5. The van der Waals surface area contributed by atoms with Crippen molar-refractivity contribution in [2.45, 2.75) is 40.2 Å². The highest BCUT2D eigenvalue weighted by Gasteiger charge is 2.37. The summed E-state index contributed by atoms with van der Waals surface area (Å²) in [6, 6.07) is 4.03. The molecule has 4 nitrogen and oxygen atoms in total. The molecule has 0 unspecified atom stereocenters. The summed E-state index contributed by atoms with van der Waals surface area (Å²) in [5.41, 5.74) is 0.0803. The number of rotatable bonds is 5. The van der Waals surface area contributed by atoms with Gasteiger partial charge in [-0.3, -0.25) is 4.79 Å². The number of amides is 1. The third-order valence-corrected chi connectivity index (χ3v) is 3.55. The highest BCUT2D eigenvalue weighted by atomic mass is 16.3. The first-order valence-electron chi connectivity index (χ1n) is 6.20. The molecule has 0 bridgehead atoms. The molecular formula is C14H20N2O2. The van der Waals surface area contributed by atoms with Gasteiger partial charge >= 0.3 is 0 Å². The zero-order chi connectivity index (χ0) is 13.8. The van der Waals surface area contributed by atoms with Gasteiger partial charge in [0.25, 0.3) is 0 Å². The topological polar surface area (TPSA) is 57.2 Å². The molecule has 1 heterocycles. The van der Waals surface area contributed by atoms with Crippen molar-refractivity contribution in [3.8, 4) is 6.07 Å². The maximum absolute atomic E-state index is 12.4. The van der Waals surface area contributed by atoms with E-state index in [0.717, 1.165) is 11.3 Å². The summed E-state index contributed by atoms with van der Waals surface area (Å²) in [5, 5.41) is 9.26. The molecule has 0 spiro atoms. The van der Waals surface area contributed by atoms with E-state index in [-0.39, 0.29) is 5.91 Å². The lowest BCUT2D eigenvalue weighted by atomic mass is 9.82. The SMILES string of the molecule is CCC(C#N)(CC)C(=O)N(C)Cc1ccoc1C. The van der Waals surface area contributed by atoms with Crippen LogP contribution in [0.15, 0.2) is 16.7 Å². The fourth-order valence-electron chi connectivity index (χ4n) is 2.03. The fourth-order valence-corrected chi connectivity index (χ4v) is 2.03. The van der Waals surface area contributed by atoms with E-state index in [4.69, 9.17) is 4.42 Å². The summed E-state index contributed by atoms with van der Waals surface area (Å²) >= 11 is 0. The molecule has 1 rings (SSSR count). The lowest BCUT2D eigenvalue weighted by Crippen LogP contribution is -2.40. The molecule has 4 heteroatoms. The first-order valence-corrected chi connectivity index (χ1v) is 6.20. The van der Waals surface area contributed by atoms with Crippen LogP contribution in [0, 0.1) is 23.7 Å². The largest absolute Gasteiger partial charge is 0.469 e. The molecule has 0 aliphatic carbocycles. The molecule has 1 amide bonds. The molecule has 0 radical (unpaired) electrons. The Balaban J connectivity index is 2.85. The van der Waals surface area contributed by atoms with Crippen molar-refractivity contribution >= 4 is 5.91 Å². The van der Waals surface area contributed by atoms with Crippen LogP contribution < -0.4 is 0 Å². The Hall–Kier alpha value is -1.76. The second-order valence-electron chi connectivity index (χ2n) is 4.56. The van der Waals surface area contributed by atoms with E-state index in [2.05, 4.69) is 6.07 Å². The summed E-state index contributed by atoms with van der Waals surface area (Å²) in [7, 11) is 1.73. The van der Waals surface area contributed by atoms with E-state index in [9.17, 15) is 10.1 Å². The van der Waals surface area contributed by atoms with Gasteiger partial charge in [0, 0.05) is 19.2 Å². The molecule has 0 saturated heterocycles. The molecule has 0 aliphatic heterocycles. The molecule has 1 aromatic rings. The minimum absolute atomic E-state index is 0.115. The molecule has 0 aliphatic rings. The van der Waals surface area contributed by atoms with Gasteiger partial charge in [0.15, 0.2) is 0 Å². The second kappa shape index (κ2) is 5.72. The van der Waals surface area contributed by atoms with Gasteiger partial charge in [-0.2, -0.15) is 5.26 Å². The van der Waals surface area contributed by atoms with Crippen LogP contribution in [0.5, 0.6) is 0 Å². The summed E-state index contributed by atoms with van der Waals surface area (Å²) in [4.78, 5) is 14.0. The molecular weight excluding hydrogens is 228 g/mol. The number of aryl methyl sites for hydroxylation is 1. The Morgan fingerprint density at radius 3 is 2.50 bits per heavy atom. The number of furan rings is 1. The van der Waals surface area contributed by atoms with Gasteiger partial charge in [0.05, 0.1) is 12.3 Å². The summed E-state index contributed by atoms with van der Waals surface area (Å²) < 4.78 is 5.21. The zero-order valence-corrected chi connectivity index (χ0v) is 11.5. The van der Waals surface area contributed by atoms with Gasteiger partial charge in [-0.15, -0.1) is 0 Å². The standard InChI is InChI=1S/C14H20N2O2/c1-5-14(6-2,10-15)13(17)16(4)9-12-7-8-18-11(12)3/h7-8H,5-6,9H2,1-4H3. The minimum Gasteiger partial charge on any atom is -0.469 e. The summed E-state index contributed by atoms with van der Waals surface area (Å²) in [5.74, 6) is 0.695. The van der Waals surface area contributed by atoms with E-state index in [1.165, 1.54) is 0 Å². The first kappa shape index (κ1) is 14.3. The minimum atomic E-state index is -0.896. The van der Waals surface area contributed by atoms with Crippen LogP contribution in [0.4, 0.5) is 0 Å². The molecule has 1 aromatic heterocycles. The molecule has 0 atom stereocenters. The normalized spacial score (nSPS) is 11.1. The fraction of sp³-hybridized carbons (Fsp3) is 0.571. The van der Waals surface area contributed by atoms with E-state index >= 15 is 0 Å². The van der Waals surface area contributed by atoms with Crippen molar-refractivity contribution in [1.82, 2.24) is 4.90 Å². The number of nitrogens with zero attached hydrogens (tertiary/aromatic N) is 2. The Morgan fingerprint density at radius 1 is 1.50 bits per heavy atom. The predicted octanol–water partition coefficient (Wildman–Crippen LogP) is 2.88. The lowest BCUT2D eigenvalue weighted by Gasteiger charge is -2.28. The average Bonchev–Trinajstić information content (AvgIpc) is 2.77. The molecule has 0 saturated carbocycles. The predicted molar refractivity (Wildman–Crippen MR) is 68.5 cm³/mol. The maximum atomic E-state index is 12.4. The van der Waals surface area contributed by atoms with E-state index in [0.29, 0.717) is 19.4 Å². The van der Waals surface area contributed by atoms with Crippen LogP contribution >= 0.6 is 0 Å². The van der Waals surface area contributed by atoms with Crippen LogP contribution in [-0.4, -0.2) is 17.9 Å². The van der Waals surface area contributed by atoms with Crippen molar-refractivity contribution in [2.24, 2.45) is 5.41 Å². The van der Waals surface area contributed by atoms with Gasteiger partial charge in [-0.1, -0.05) is 13.8 Å². The van der Waals surface area contributed by atoms with Gasteiger partial charge in [0.1, 0.15) is 11.2 Å². The van der Waals surface area contributed by atoms with Crippen LogP contribution in [0.3, 0.4) is 0 Å². The Morgan fingerprint density at radius 2 is 2.11 bits per heavy atom. The average molecular weight is 248 g/mol. The van der Waals surface area contributed by atoms with E-state index < -0.39 is 5.41 Å². The number of hydrogen-bond acceptors (Lipinski definition) is 3. The van der Waals surface area contributed by atoms with Gasteiger partial charge in [0.2, 0.25) is 5.91 Å². The lowest BCUT2D eigenvalue weighted by molar-refractivity contribution is -0.138. The van der Waals surface area contributed by atoms with Gasteiger partial charge in [-0.25, -0.2) is 0 Å². The van der Waals surface area contributed by atoms with Crippen molar-refractivity contribution < 1.29 is 9.21 Å². The van der Waals surface area contributed by atoms with E-state index in [1.54, 1.807) is 18.2 Å². The molecule has 0 fully saturated rings. The highest BCUT2D eigenvalue weighted by molar-refractivity contribution is 5.85. The smallest absolute Gasteiger partial charge is 0.243 e. The maximum Gasteiger partial charge on any atom is 0.243 e. The number of nitriles is 1. The van der Waals surface area contributed by atoms with Crippen molar-refractivity contribution in [2.75, 3.05) is 7.05 Å². The number of carbonyl (C=O) groups excluding carboxylic acids is 1. The highest BCUT2D eigenvalue weighted by Crippen LogP contribution is 2.28. The molecule has 0 aromatic carbocycles. The Kier molecular flexibility index (Phi) is 4.55. The number of carbonyl (C=O) groups is 1. The molecule has 0 N–H and O–H groups in total. The van der Waals surface area contributed by atoms with Gasteiger partial charge < -0.3 is 9.32 Å². The van der Waals surface area contributed by atoms with Crippen molar-refractivity contribution in [3.63, 3.8) is 0 Å². The third kappa shape index (κ3) is 2.56. The third-order valence-electron chi connectivity index (χ3n) is 3.55. The Labute approximate surface area is 108 Å². The van der Waals surface area contributed by atoms with Crippen molar-refractivity contribution in [1.29, 1.82) is 5.26 Å². The monoisotopic (exact) mass is 248 g/mol. The first-order chi connectivity index (χ1) is 8.50. The van der Waals surface area contributed by atoms with Crippen molar-refractivity contribution in [3.05, 3.63) is 23.7 Å². The van der Waals surface area contributed by atoms with Crippen LogP contribution in [0.2, 0.25) is 0 Å². The van der Waals surface area contributed by atoms with Crippen LogP contribution in [0.25, 0.3) is 0 Å². The second-order valence-corrected chi connectivity index (χ2v) is 4.56.